The summed E-state index contributed by atoms with van der Waals surface area (Å²) in [6, 6.07) is 11.7. The summed E-state index contributed by atoms with van der Waals surface area (Å²) in [4.78, 5) is 0.0337. The van der Waals surface area contributed by atoms with Crippen molar-refractivity contribution in [1.29, 1.82) is 0 Å². The van der Waals surface area contributed by atoms with Crippen LogP contribution in [0.3, 0.4) is 0 Å². The molecular weight excluding hydrogens is 407 g/mol. The van der Waals surface area contributed by atoms with Gasteiger partial charge in [0.1, 0.15) is 13.2 Å². The van der Waals surface area contributed by atoms with Crippen molar-refractivity contribution in [3.63, 3.8) is 0 Å². The number of rotatable bonds is 2. The van der Waals surface area contributed by atoms with Crippen molar-refractivity contribution in [3.8, 4) is 11.5 Å². The maximum absolute atomic E-state index is 6.08. The highest BCUT2D eigenvalue weighted by Gasteiger charge is 2.18. The molecule has 3 rings (SSSR count). The molecule has 1 unspecified atom stereocenters. The van der Waals surface area contributed by atoms with Gasteiger partial charge in [-0.25, -0.2) is 0 Å². The van der Waals surface area contributed by atoms with E-state index in [-0.39, 0.29) is 4.83 Å². The minimum absolute atomic E-state index is 0.0337. The minimum Gasteiger partial charge on any atom is -0.486 e. The first-order valence-electron chi connectivity index (χ1n) is 6.14. The summed E-state index contributed by atoms with van der Waals surface area (Å²) in [5, 5.41) is 0.713. The van der Waals surface area contributed by atoms with Gasteiger partial charge < -0.3 is 9.47 Å². The largest absolute Gasteiger partial charge is 0.486 e. The van der Waals surface area contributed by atoms with Gasteiger partial charge in [0, 0.05) is 9.50 Å². The van der Waals surface area contributed by atoms with E-state index >= 15 is 0 Å². The molecule has 1 aliphatic heterocycles. The lowest BCUT2D eigenvalue weighted by Crippen LogP contribution is -2.15. The van der Waals surface area contributed by atoms with Crippen LogP contribution in [0.15, 0.2) is 40.9 Å². The van der Waals surface area contributed by atoms with Crippen molar-refractivity contribution in [3.05, 3.63) is 57.0 Å². The van der Waals surface area contributed by atoms with Gasteiger partial charge in [-0.2, -0.15) is 0 Å². The molecule has 0 spiro atoms. The fourth-order valence-electron chi connectivity index (χ4n) is 2.11. The molecule has 1 aliphatic rings. The van der Waals surface area contributed by atoms with E-state index in [4.69, 9.17) is 21.1 Å². The third kappa shape index (κ3) is 2.83. The number of benzene rings is 2. The van der Waals surface area contributed by atoms with E-state index < -0.39 is 0 Å². The van der Waals surface area contributed by atoms with Gasteiger partial charge in [0.05, 0.1) is 4.83 Å². The van der Waals surface area contributed by atoms with Gasteiger partial charge in [-0.3, -0.25) is 0 Å². The predicted octanol–water partition coefficient (Wildman–Crippen LogP) is 5.36. The Labute approximate surface area is 139 Å². The van der Waals surface area contributed by atoms with Crippen LogP contribution < -0.4 is 9.47 Å². The molecule has 20 heavy (non-hydrogen) atoms. The Hall–Kier alpha value is -0.710. The Balaban J connectivity index is 1.97. The molecule has 0 N–H and O–H groups in total. The van der Waals surface area contributed by atoms with Crippen LogP contribution in [0.2, 0.25) is 5.02 Å². The van der Waals surface area contributed by atoms with Gasteiger partial charge in [-0.1, -0.05) is 49.5 Å². The molecule has 2 aromatic carbocycles. The third-order valence-corrected chi connectivity index (χ3v) is 5.07. The van der Waals surface area contributed by atoms with Gasteiger partial charge >= 0.3 is 0 Å². The van der Waals surface area contributed by atoms with Gasteiger partial charge in [-0.15, -0.1) is 0 Å². The van der Waals surface area contributed by atoms with Crippen LogP contribution in [0.4, 0.5) is 0 Å². The summed E-state index contributed by atoms with van der Waals surface area (Å²) < 4.78 is 12.2. The van der Waals surface area contributed by atoms with Crippen molar-refractivity contribution in [2.24, 2.45) is 0 Å². The average molecular weight is 419 g/mol. The standard InChI is InChI=1S/C15H11Br2ClO2/c16-12-3-2-10(18)8-11(12)15(17)9-1-4-13-14(7-9)20-6-5-19-13/h1-4,7-8,15H,5-6H2. The van der Waals surface area contributed by atoms with Crippen molar-refractivity contribution in [1.82, 2.24) is 0 Å². The summed E-state index contributed by atoms with van der Waals surface area (Å²) in [5.74, 6) is 1.58. The van der Waals surface area contributed by atoms with Crippen LogP contribution in [0.25, 0.3) is 0 Å². The number of ether oxygens (including phenoxy) is 2. The molecular formula is C15H11Br2ClO2. The van der Waals surface area contributed by atoms with Crippen LogP contribution in [-0.4, -0.2) is 13.2 Å². The molecule has 0 bridgehead atoms. The molecule has 104 valence electrons. The Morgan fingerprint density at radius 2 is 1.75 bits per heavy atom. The zero-order chi connectivity index (χ0) is 14.1. The highest BCUT2D eigenvalue weighted by molar-refractivity contribution is 9.11. The molecule has 2 nitrogen and oxygen atoms in total. The summed E-state index contributed by atoms with van der Waals surface area (Å²) in [6.45, 7) is 1.19. The second-order valence-electron chi connectivity index (χ2n) is 4.43. The minimum atomic E-state index is 0.0337. The summed E-state index contributed by atoms with van der Waals surface area (Å²) in [6.07, 6.45) is 0. The van der Waals surface area contributed by atoms with Crippen LogP contribution >= 0.6 is 43.5 Å². The van der Waals surface area contributed by atoms with Gasteiger partial charge in [0.25, 0.3) is 0 Å². The highest BCUT2D eigenvalue weighted by atomic mass is 79.9. The Morgan fingerprint density at radius 3 is 2.55 bits per heavy atom. The van der Waals surface area contributed by atoms with E-state index in [0.29, 0.717) is 18.2 Å². The average Bonchev–Trinajstić information content (AvgIpc) is 2.48. The predicted molar refractivity (Wildman–Crippen MR) is 87.4 cm³/mol. The molecule has 0 radical (unpaired) electrons. The Bertz CT molecular complexity index is 646. The quantitative estimate of drug-likeness (QED) is 0.612. The van der Waals surface area contributed by atoms with Gasteiger partial charge in [0.2, 0.25) is 0 Å². The van der Waals surface area contributed by atoms with E-state index in [1.165, 1.54) is 0 Å². The SMILES string of the molecule is Clc1ccc(Br)c(C(Br)c2ccc3c(c2)OCCO3)c1. The molecule has 0 amide bonds. The van der Waals surface area contributed by atoms with E-state index in [9.17, 15) is 0 Å². The Morgan fingerprint density at radius 1 is 1.00 bits per heavy atom. The lowest BCUT2D eigenvalue weighted by Gasteiger charge is -2.20. The first-order valence-corrected chi connectivity index (χ1v) is 8.22. The highest BCUT2D eigenvalue weighted by Crippen LogP contribution is 2.40. The monoisotopic (exact) mass is 416 g/mol. The van der Waals surface area contributed by atoms with Crippen molar-refractivity contribution >= 4 is 43.5 Å². The van der Waals surface area contributed by atoms with Crippen LogP contribution in [0.1, 0.15) is 16.0 Å². The lowest BCUT2D eigenvalue weighted by molar-refractivity contribution is 0.171. The fraction of sp³-hybridized carbons (Fsp3) is 0.200. The molecule has 0 aliphatic carbocycles. The molecule has 0 fully saturated rings. The van der Waals surface area contributed by atoms with Gasteiger partial charge in [-0.05, 0) is 41.5 Å². The smallest absolute Gasteiger partial charge is 0.161 e. The van der Waals surface area contributed by atoms with E-state index in [1.54, 1.807) is 0 Å². The van der Waals surface area contributed by atoms with Gasteiger partial charge in [0.15, 0.2) is 11.5 Å². The Kier molecular flexibility index (Phi) is 4.24. The number of alkyl halides is 1. The molecule has 5 heteroatoms. The summed E-state index contributed by atoms with van der Waals surface area (Å²) in [7, 11) is 0. The third-order valence-electron chi connectivity index (χ3n) is 3.09. The van der Waals surface area contributed by atoms with E-state index in [2.05, 4.69) is 31.9 Å². The van der Waals surface area contributed by atoms with Crippen LogP contribution in [0.5, 0.6) is 11.5 Å². The van der Waals surface area contributed by atoms with E-state index in [1.807, 2.05) is 36.4 Å². The van der Waals surface area contributed by atoms with Crippen molar-refractivity contribution in [2.45, 2.75) is 4.83 Å². The zero-order valence-corrected chi connectivity index (χ0v) is 14.3. The topological polar surface area (TPSA) is 18.5 Å². The molecule has 1 atom stereocenters. The molecule has 0 saturated carbocycles. The van der Waals surface area contributed by atoms with Crippen molar-refractivity contribution < 1.29 is 9.47 Å². The number of hydrogen-bond donors (Lipinski definition) is 0. The summed E-state index contributed by atoms with van der Waals surface area (Å²) in [5.41, 5.74) is 2.17. The number of hydrogen-bond acceptors (Lipinski definition) is 2. The zero-order valence-electron chi connectivity index (χ0n) is 10.4. The first kappa shape index (κ1) is 14.2. The van der Waals surface area contributed by atoms with Crippen molar-refractivity contribution in [2.75, 3.05) is 13.2 Å². The fourth-order valence-corrected chi connectivity index (χ4v) is 3.73. The molecule has 0 saturated heterocycles. The maximum Gasteiger partial charge on any atom is 0.161 e. The number of fused-ring (bicyclic) bond motifs is 1. The normalized spacial score (nSPS) is 14.9. The van der Waals surface area contributed by atoms with Crippen LogP contribution in [0, 0.1) is 0 Å². The molecule has 0 aromatic heterocycles. The summed E-state index contributed by atoms with van der Waals surface area (Å²) >= 11 is 13.4. The molecule has 1 heterocycles. The molecule has 2 aromatic rings. The van der Waals surface area contributed by atoms with E-state index in [0.717, 1.165) is 27.1 Å². The second kappa shape index (κ2) is 5.96. The van der Waals surface area contributed by atoms with Crippen LogP contribution in [-0.2, 0) is 0 Å². The second-order valence-corrected chi connectivity index (χ2v) is 6.64. The first-order chi connectivity index (χ1) is 9.65. The lowest BCUT2D eigenvalue weighted by atomic mass is 10.0. The maximum atomic E-state index is 6.08. The number of halogens is 3.